The highest BCUT2D eigenvalue weighted by Crippen LogP contribution is 2.35. The Morgan fingerprint density at radius 3 is 2.53 bits per heavy atom. The van der Waals surface area contributed by atoms with Crippen LogP contribution >= 0.6 is 11.3 Å². The van der Waals surface area contributed by atoms with Crippen LogP contribution in [0.1, 0.15) is 52.2 Å². The van der Waals surface area contributed by atoms with Gasteiger partial charge in [-0.25, -0.2) is 9.78 Å². The van der Waals surface area contributed by atoms with Gasteiger partial charge in [-0.15, -0.1) is 0 Å². The third-order valence-corrected chi connectivity index (χ3v) is 8.23. The lowest BCUT2D eigenvalue weighted by atomic mass is 10.1. The van der Waals surface area contributed by atoms with Gasteiger partial charge in [0.05, 0.1) is 18.9 Å². The van der Waals surface area contributed by atoms with E-state index in [1.54, 1.807) is 14.0 Å². The number of carboxylic acids is 1. The second kappa shape index (κ2) is 11.5. The van der Waals surface area contributed by atoms with Crippen molar-refractivity contribution in [2.45, 2.75) is 51.6 Å². The highest BCUT2D eigenvalue weighted by molar-refractivity contribution is 7.17. The number of carbonyl (C=O) groups is 1. The molecule has 0 spiro atoms. The maximum Gasteiger partial charge on any atom is 0.347 e. The molecule has 2 aromatic heterocycles. The molecule has 1 fully saturated rings. The van der Waals surface area contributed by atoms with Crippen LogP contribution in [0.2, 0.25) is 0 Å². The smallest absolute Gasteiger partial charge is 0.347 e. The minimum Gasteiger partial charge on any atom is -0.497 e. The topological polar surface area (TPSA) is 124 Å². The van der Waals surface area contributed by atoms with Crippen molar-refractivity contribution in [3.63, 3.8) is 0 Å². The number of aryl methyl sites for hydroxylation is 1. The lowest BCUT2D eigenvalue weighted by Crippen LogP contribution is -2.37. The fraction of sp³-hybridized carbons (Fsp3) is 0.481. The van der Waals surface area contributed by atoms with E-state index in [2.05, 4.69) is 32.2 Å². The minimum atomic E-state index is -0.992. The number of aliphatic hydroxyl groups is 1. The van der Waals surface area contributed by atoms with Crippen molar-refractivity contribution in [1.29, 1.82) is 0 Å². The summed E-state index contributed by atoms with van der Waals surface area (Å²) in [5.41, 5.74) is 2.83. The number of anilines is 4. The first-order valence-electron chi connectivity index (χ1n) is 13.1. The first-order valence-corrected chi connectivity index (χ1v) is 13.9. The number of fused-ring (bicyclic) bond motifs is 1. The number of aliphatic hydroxyl groups excluding tert-OH is 1. The van der Waals surface area contributed by atoms with Crippen LogP contribution in [0, 0.1) is 6.92 Å². The summed E-state index contributed by atoms with van der Waals surface area (Å²) in [7, 11) is 1.67. The normalized spacial score (nSPS) is 16.2. The number of nitrogens with one attached hydrogen (secondary N) is 1. The molecule has 11 heteroatoms. The van der Waals surface area contributed by atoms with Gasteiger partial charge in [-0.3, -0.25) is 5.32 Å². The van der Waals surface area contributed by atoms with E-state index in [-0.39, 0.29) is 11.0 Å². The minimum absolute atomic E-state index is 0.202. The number of carboxylic acid groups (broad SMARTS) is 1. The van der Waals surface area contributed by atoms with Gasteiger partial charge in [-0.05, 0) is 63.1 Å². The van der Waals surface area contributed by atoms with Crippen LogP contribution in [0.25, 0.3) is 0 Å². The molecule has 0 unspecified atom stereocenters. The molecular formula is C27H34N6O4S. The molecule has 5 rings (SSSR count). The summed E-state index contributed by atoms with van der Waals surface area (Å²) in [6.45, 7) is 4.87. The maximum absolute atomic E-state index is 11.5. The number of thiazole rings is 1. The van der Waals surface area contributed by atoms with E-state index in [0.717, 1.165) is 86.1 Å². The molecule has 0 saturated carbocycles. The van der Waals surface area contributed by atoms with Gasteiger partial charge in [0, 0.05) is 31.7 Å². The number of aromatic carboxylic acids is 1. The van der Waals surface area contributed by atoms with Crippen LogP contribution in [0.4, 0.5) is 22.7 Å². The molecule has 3 aromatic rings. The number of piperidine rings is 1. The van der Waals surface area contributed by atoms with E-state index in [0.29, 0.717) is 29.6 Å². The second-order valence-electron chi connectivity index (χ2n) is 9.80. The fourth-order valence-corrected chi connectivity index (χ4v) is 5.87. The maximum atomic E-state index is 11.5. The van der Waals surface area contributed by atoms with Crippen LogP contribution in [0.3, 0.4) is 0 Å². The Kier molecular flexibility index (Phi) is 7.94. The molecule has 202 valence electrons. The molecule has 0 atom stereocenters. The average molecular weight is 539 g/mol. The lowest BCUT2D eigenvalue weighted by Gasteiger charge is -2.33. The van der Waals surface area contributed by atoms with Crippen molar-refractivity contribution in [1.82, 2.24) is 15.0 Å². The molecule has 2 aliphatic heterocycles. The Labute approximate surface area is 226 Å². The Hall–Kier alpha value is -3.44. The van der Waals surface area contributed by atoms with Gasteiger partial charge in [0.1, 0.15) is 22.3 Å². The Balaban J connectivity index is 1.48. The standard InChI is InChI=1S/C27H34N6O4S/c1-17-22(25(35)36)38-27(28-17)31-26-29-23-21(24(30-26)33-15-11-19(34)12-16-33)5-3-4-13-32(23)14-10-18-6-8-20(37-2)9-7-18/h6-9,19,34H,3-5,10-16H2,1-2H3,(H,35,36)(H,28,29,30,31). The molecule has 4 heterocycles. The van der Waals surface area contributed by atoms with Gasteiger partial charge in [0.2, 0.25) is 5.95 Å². The zero-order valence-corrected chi connectivity index (χ0v) is 22.6. The number of ether oxygens (including phenoxy) is 1. The summed E-state index contributed by atoms with van der Waals surface area (Å²) >= 11 is 1.08. The zero-order valence-electron chi connectivity index (χ0n) is 21.8. The number of methoxy groups -OCH3 is 1. The lowest BCUT2D eigenvalue weighted by molar-refractivity contribution is 0.0701. The van der Waals surface area contributed by atoms with E-state index in [1.807, 2.05) is 12.1 Å². The summed E-state index contributed by atoms with van der Waals surface area (Å²) in [6, 6.07) is 8.17. The Morgan fingerprint density at radius 1 is 1.11 bits per heavy atom. The van der Waals surface area contributed by atoms with Crippen LogP contribution < -0.4 is 19.9 Å². The molecule has 0 amide bonds. The molecule has 1 aromatic carbocycles. The third-order valence-electron chi connectivity index (χ3n) is 7.17. The van der Waals surface area contributed by atoms with Crippen molar-refractivity contribution in [3.8, 4) is 5.75 Å². The van der Waals surface area contributed by atoms with Crippen LogP contribution in [-0.2, 0) is 12.8 Å². The Bertz CT molecular complexity index is 1270. The van der Waals surface area contributed by atoms with E-state index < -0.39 is 5.97 Å². The summed E-state index contributed by atoms with van der Waals surface area (Å²) in [5, 5.41) is 23.2. The van der Waals surface area contributed by atoms with Gasteiger partial charge in [0.25, 0.3) is 0 Å². The van der Waals surface area contributed by atoms with Gasteiger partial charge in [-0.2, -0.15) is 9.97 Å². The number of aromatic nitrogens is 3. The summed E-state index contributed by atoms with van der Waals surface area (Å²) in [5.74, 6) is 2.08. The highest BCUT2D eigenvalue weighted by Gasteiger charge is 2.28. The van der Waals surface area contributed by atoms with E-state index in [1.165, 1.54) is 5.56 Å². The number of hydrogen-bond donors (Lipinski definition) is 3. The second-order valence-corrected chi connectivity index (χ2v) is 10.8. The van der Waals surface area contributed by atoms with Gasteiger partial charge in [0.15, 0.2) is 5.13 Å². The molecule has 10 nitrogen and oxygen atoms in total. The van der Waals surface area contributed by atoms with Gasteiger partial charge in [-0.1, -0.05) is 23.5 Å². The number of nitrogens with zero attached hydrogens (tertiary/aromatic N) is 5. The summed E-state index contributed by atoms with van der Waals surface area (Å²) in [4.78, 5) is 30.6. The van der Waals surface area contributed by atoms with Crippen molar-refractivity contribution in [2.75, 3.05) is 48.4 Å². The first-order chi connectivity index (χ1) is 18.4. The molecule has 2 aliphatic rings. The molecule has 0 radical (unpaired) electrons. The predicted octanol–water partition coefficient (Wildman–Crippen LogP) is 4.04. The fourth-order valence-electron chi connectivity index (χ4n) is 5.07. The molecule has 0 aliphatic carbocycles. The van der Waals surface area contributed by atoms with Gasteiger partial charge >= 0.3 is 5.97 Å². The summed E-state index contributed by atoms with van der Waals surface area (Å²) < 4.78 is 5.30. The quantitative estimate of drug-likeness (QED) is 0.387. The van der Waals surface area contributed by atoms with Crippen molar-refractivity contribution in [2.24, 2.45) is 0 Å². The van der Waals surface area contributed by atoms with Crippen molar-refractivity contribution < 1.29 is 19.7 Å². The van der Waals surface area contributed by atoms with E-state index >= 15 is 0 Å². The zero-order chi connectivity index (χ0) is 26.6. The molecular weight excluding hydrogens is 504 g/mol. The van der Waals surface area contributed by atoms with Crippen molar-refractivity contribution in [3.05, 3.63) is 46.0 Å². The SMILES string of the molecule is COc1ccc(CCN2CCCCc3c2nc(Nc2nc(C)c(C(=O)O)s2)nc3N2CCC(O)CC2)cc1. The first kappa shape index (κ1) is 26.2. The van der Waals surface area contributed by atoms with Gasteiger partial charge < -0.3 is 24.7 Å². The average Bonchev–Trinajstić information content (AvgIpc) is 3.16. The van der Waals surface area contributed by atoms with E-state index in [9.17, 15) is 15.0 Å². The number of rotatable bonds is 8. The third kappa shape index (κ3) is 5.83. The number of benzene rings is 1. The van der Waals surface area contributed by atoms with Crippen LogP contribution in [0.15, 0.2) is 24.3 Å². The number of hydrogen-bond acceptors (Lipinski definition) is 10. The highest BCUT2D eigenvalue weighted by atomic mass is 32.1. The molecule has 3 N–H and O–H groups in total. The molecule has 38 heavy (non-hydrogen) atoms. The van der Waals surface area contributed by atoms with E-state index in [4.69, 9.17) is 14.7 Å². The summed E-state index contributed by atoms with van der Waals surface area (Å²) in [6.07, 6.45) is 5.01. The van der Waals surface area contributed by atoms with Crippen LogP contribution in [0.5, 0.6) is 5.75 Å². The molecule has 0 bridgehead atoms. The Morgan fingerprint density at radius 2 is 1.84 bits per heavy atom. The monoisotopic (exact) mass is 538 g/mol. The predicted molar refractivity (Wildman–Crippen MR) is 148 cm³/mol. The van der Waals surface area contributed by atoms with Crippen LogP contribution in [-0.4, -0.2) is 70.5 Å². The largest absolute Gasteiger partial charge is 0.497 e. The molecule has 1 saturated heterocycles. The van der Waals surface area contributed by atoms with Crippen molar-refractivity contribution >= 4 is 40.0 Å².